The Balaban J connectivity index is 0.000000232. The van der Waals surface area contributed by atoms with Crippen LogP contribution in [0, 0.1) is 6.92 Å². The van der Waals surface area contributed by atoms with E-state index in [-0.39, 0.29) is 40.7 Å². The molecule has 2 saturated carbocycles. The van der Waals surface area contributed by atoms with E-state index in [0.29, 0.717) is 5.03 Å². The number of aryl methyl sites for hydroxylation is 2. The molecule has 2 aliphatic rings. The van der Waals surface area contributed by atoms with Gasteiger partial charge in [-0.15, -0.1) is 0 Å². The number of para-hydroxylation sites is 1. The van der Waals surface area contributed by atoms with Crippen LogP contribution in [-0.2, 0) is 28.6 Å². The van der Waals surface area contributed by atoms with E-state index < -0.39 is 17.8 Å². The maximum Gasteiger partial charge on any atom is 0.417 e. The summed E-state index contributed by atoms with van der Waals surface area (Å²) < 4.78 is 43.6. The van der Waals surface area contributed by atoms with Gasteiger partial charge in [0.25, 0.3) is 5.91 Å². The highest BCUT2D eigenvalue weighted by Crippen LogP contribution is 2.37. The molecule has 2 amide bonds. The summed E-state index contributed by atoms with van der Waals surface area (Å²) in [5.41, 5.74) is 3.50. The van der Waals surface area contributed by atoms with Crippen molar-refractivity contribution in [1.82, 2.24) is 25.4 Å². The van der Waals surface area contributed by atoms with Crippen LogP contribution in [0.3, 0.4) is 0 Å². The van der Waals surface area contributed by atoms with Crippen LogP contribution >= 0.6 is 11.8 Å². The van der Waals surface area contributed by atoms with Crippen LogP contribution in [0.5, 0.6) is 5.75 Å². The quantitative estimate of drug-likeness (QED) is 0.115. The third-order valence-corrected chi connectivity index (χ3v) is 13.6. The van der Waals surface area contributed by atoms with E-state index >= 15 is 0 Å². The number of thioether (sulfide) groups is 1. The van der Waals surface area contributed by atoms with Crippen LogP contribution in [0.2, 0.25) is 0 Å². The predicted molar refractivity (Wildman–Crippen MR) is 240 cm³/mol. The van der Waals surface area contributed by atoms with Crippen LogP contribution in [0.4, 0.5) is 13.2 Å². The molecule has 2 aliphatic carbocycles. The number of alkyl halides is 3. The number of likely N-dealkylation sites (N-methyl/N-ethyl adjacent to an activating group) is 1. The van der Waals surface area contributed by atoms with Gasteiger partial charge in [0.2, 0.25) is 5.91 Å². The fourth-order valence-electron chi connectivity index (χ4n) is 8.64. The summed E-state index contributed by atoms with van der Waals surface area (Å²) in [5.74, 6) is 0.723. The topological polar surface area (TPSA) is 86.8 Å². The maximum absolute atomic E-state index is 12.6. The van der Waals surface area contributed by atoms with Crippen molar-refractivity contribution in [1.29, 1.82) is 0 Å². The molecule has 8 nitrogen and oxygen atoms in total. The third-order valence-electron chi connectivity index (χ3n) is 12.6. The van der Waals surface area contributed by atoms with Crippen molar-refractivity contribution >= 4 is 23.6 Å². The number of hydrogen-bond donors (Lipinski definition) is 2. The van der Waals surface area contributed by atoms with E-state index in [1.54, 1.807) is 0 Å². The molecule has 0 bridgehead atoms. The van der Waals surface area contributed by atoms with E-state index in [1.807, 2.05) is 37.3 Å². The van der Waals surface area contributed by atoms with Gasteiger partial charge >= 0.3 is 6.18 Å². The van der Waals surface area contributed by atoms with Gasteiger partial charge in [0, 0.05) is 29.4 Å². The predicted octanol–water partition coefficient (Wildman–Crippen LogP) is 9.55. The normalized spacial score (nSPS) is 22.1. The number of carbonyl (C=O) groups is 2. The first-order valence-electron chi connectivity index (χ1n) is 21.5. The number of nitrogens with zero attached hydrogens (tertiary/aromatic N) is 3. The molecule has 2 fully saturated rings. The van der Waals surface area contributed by atoms with Crippen molar-refractivity contribution < 1.29 is 27.5 Å². The third kappa shape index (κ3) is 14.3. The minimum absolute atomic E-state index is 0.0273. The number of pyridine rings is 1. The van der Waals surface area contributed by atoms with Crippen LogP contribution in [0.1, 0.15) is 87.0 Å². The SMILES string of the molecule is CC(Oc1ccccc1)C(=O)NC1CCC(CCc2ccccc2)(N(C)C)CC1.Cc1cccc(CC2(N(C)C)CCC(NC(=O)CSc3ccc(C(F)(F)F)cn3)CC2)c1. The van der Waals surface area contributed by atoms with Crippen molar-refractivity contribution in [3.63, 3.8) is 0 Å². The van der Waals surface area contributed by atoms with E-state index in [0.717, 1.165) is 100 Å². The lowest BCUT2D eigenvalue weighted by Gasteiger charge is -2.45. The zero-order valence-electron chi connectivity index (χ0n) is 36.6. The number of hydrogen-bond acceptors (Lipinski definition) is 7. The molecule has 3 aromatic carbocycles. The second-order valence-electron chi connectivity index (χ2n) is 17.3. The van der Waals surface area contributed by atoms with Gasteiger partial charge in [0.15, 0.2) is 6.10 Å². The minimum Gasteiger partial charge on any atom is -0.481 e. The van der Waals surface area contributed by atoms with Crippen molar-refractivity contribution in [3.8, 4) is 5.75 Å². The first-order valence-corrected chi connectivity index (χ1v) is 22.5. The van der Waals surface area contributed by atoms with Gasteiger partial charge in [-0.3, -0.25) is 9.59 Å². The first-order chi connectivity index (χ1) is 29.1. The molecule has 1 heterocycles. The maximum atomic E-state index is 12.6. The summed E-state index contributed by atoms with van der Waals surface area (Å²) in [4.78, 5) is 33.5. The van der Waals surface area contributed by atoms with E-state index in [4.69, 9.17) is 4.74 Å². The molecule has 0 spiro atoms. The molecule has 330 valence electrons. The number of benzene rings is 3. The Morgan fingerprint density at radius 3 is 1.92 bits per heavy atom. The van der Waals surface area contributed by atoms with Crippen molar-refractivity contribution in [2.45, 2.75) is 125 Å². The van der Waals surface area contributed by atoms with E-state index in [1.165, 1.54) is 22.8 Å². The summed E-state index contributed by atoms with van der Waals surface area (Å²) in [5, 5.41) is 6.70. The Kier molecular flexibility index (Phi) is 17.3. The standard InChI is InChI=1S/C25H34N2O2.C24H30F3N3OS/c1-20(29-23-12-8-5-9-13-23)24(28)26-22-15-18-25(19-16-22,27(2)3)17-14-21-10-6-4-7-11-21;1-17-5-4-6-18(13-17)14-23(30(2)3)11-9-20(10-12-23)29-21(31)16-32-22-8-7-19(15-28-22)24(25,26)27/h4-13,20,22H,14-19H2,1-3H3,(H,26,28);4-8,13,15,20H,9-12,14,16H2,1-3H3,(H,29,31). The van der Waals surface area contributed by atoms with E-state index in [2.05, 4.69) is 115 Å². The Morgan fingerprint density at radius 2 is 1.36 bits per heavy atom. The van der Waals surface area contributed by atoms with Crippen molar-refractivity contribution in [2.24, 2.45) is 0 Å². The molecule has 1 atom stereocenters. The van der Waals surface area contributed by atoms with Gasteiger partial charge in [-0.25, -0.2) is 4.98 Å². The van der Waals surface area contributed by atoms with Crippen molar-refractivity contribution in [3.05, 3.63) is 126 Å². The number of aromatic nitrogens is 1. The van der Waals surface area contributed by atoms with Crippen molar-refractivity contribution in [2.75, 3.05) is 33.9 Å². The molecule has 2 N–H and O–H groups in total. The molecule has 61 heavy (non-hydrogen) atoms. The lowest BCUT2D eigenvalue weighted by Crippen LogP contribution is -2.52. The average molecular weight is 860 g/mol. The number of rotatable bonds is 15. The fourth-order valence-corrected chi connectivity index (χ4v) is 9.30. The van der Waals surface area contributed by atoms with Crippen LogP contribution < -0.4 is 15.4 Å². The zero-order chi connectivity index (χ0) is 44.0. The Bertz CT molecular complexity index is 1950. The lowest BCUT2D eigenvalue weighted by molar-refractivity contribution is -0.138. The smallest absolute Gasteiger partial charge is 0.417 e. The fraction of sp³-hybridized carbons (Fsp3) is 0.490. The molecule has 0 saturated heterocycles. The molecule has 4 aromatic rings. The monoisotopic (exact) mass is 859 g/mol. The van der Waals surface area contributed by atoms with Gasteiger partial charge in [0.1, 0.15) is 5.75 Å². The highest BCUT2D eigenvalue weighted by atomic mass is 32.2. The first kappa shape index (κ1) is 47.7. The summed E-state index contributed by atoms with van der Waals surface area (Å²) in [6.45, 7) is 3.92. The zero-order valence-corrected chi connectivity index (χ0v) is 37.5. The second-order valence-corrected chi connectivity index (χ2v) is 18.3. The van der Waals surface area contributed by atoms with Gasteiger partial charge in [-0.2, -0.15) is 13.2 Å². The van der Waals surface area contributed by atoms with Gasteiger partial charge < -0.3 is 25.2 Å². The molecule has 1 aromatic heterocycles. The largest absolute Gasteiger partial charge is 0.481 e. The molecule has 0 aliphatic heterocycles. The van der Waals surface area contributed by atoms with Crippen LogP contribution in [0.15, 0.2) is 108 Å². The Labute approximate surface area is 365 Å². The molecular formula is C49H64F3N5O3S. The number of carbonyl (C=O) groups excluding carboxylic acids is 2. The number of amides is 2. The molecule has 1 unspecified atom stereocenters. The highest BCUT2D eigenvalue weighted by Gasteiger charge is 2.39. The molecule has 0 radical (unpaired) electrons. The molecule has 6 rings (SSSR count). The second kappa shape index (κ2) is 22.1. The number of ether oxygens (including phenoxy) is 1. The Morgan fingerprint density at radius 1 is 0.787 bits per heavy atom. The van der Waals surface area contributed by atoms with Crippen LogP contribution in [0.25, 0.3) is 0 Å². The van der Waals surface area contributed by atoms with Gasteiger partial charge in [-0.05, 0) is 148 Å². The van der Waals surface area contributed by atoms with E-state index in [9.17, 15) is 22.8 Å². The minimum atomic E-state index is -4.41. The summed E-state index contributed by atoms with van der Waals surface area (Å²) in [7, 11) is 8.64. The number of nitrogens with one attached hydrogen (secondary N) is 2. The van der Waals surface area contributed by atoms with Gasteiger partial charge in [0.05, 0.1) is 16.3 Å². The lowest BCUT2D eigenvalue weighted by atomic mass is 9.74. The highest BCUT2D eigenvalue weighted by molar-refractivity contribution is 7.99. The molecule has 12 heteroatoms. The number of halogens is 3. The Hall–Kier alpha value is -4.39. The summed E-state index contributed by atoms with van der Waals surface area (Å²) in [6.07, 6.45) is 7.15. The average Bonchev–Trinajstić information content (AvgIpc) is 3.24. The summed E-state index contributed by atoms with van der Waals surface area (Å²) in [6, 6.07) is 31.5. The van der Waals surface area contributed by atoms with Gasteiger partial charge in [-0.1, -0.05) is 90.1 Å². The molecular weight excluding hydrogens is 796 g/mol. The summed E-state index contributed by atoms with van der Waals surface area (Å²) >= 11 is 1.15. The van der Waals surface area contributed by atoms with Crippen LogP contribution in [-0.4, -0.2) is 89.8 Å².